The van der Waals surface area contributed by atoms with Crippen LogP contribution in [0.4, 0.5) is 5.13 Å². The number of hydrogen-bond donors (Lipinski definition) is 1. The second-order valence-corrected chi connectivity index (χ2v) is 9.27. The molecule has 7 nitrogen and oxygen atoms in total. The quantitative estimate of drug-likeness (QED) is 0.371. The minimum absolute atomic E-state index is 0.135. The van der Waals surface area contributed by atoms with Crippen molar-refractivity contribution in [2.45, 2.75) is 32.5 Å². The van der Waals surface area contributed by atoms with Gasteiger partial charge in [0.15, 0.2) is 16.1 Å². The molecule has 0 saturated heterocycles. The Bertz CT molecular complexity index is 1200. The lowest BCUT2D eigenvalue weighted by atomic mass is 10.2. The van der Waals surface area contributed by atoms with Crippen LogP contribution in [0.25, 0.3) is 5.69 Å². The smallest absolute Gasteiger partial charge is 0.236 e. The van der Waals surface area contributed by atoms with Crippen LogP contribution in [0.15, 0.2) is 59.8 Å². The summed E-state index contributed by atoms with van der Waals surface area (Å²) >= 11 is 2.80. The van der Waals surface area contributed by atoms with Gasteiger partial charge in [-0.3, -0.25) is 9.36 Å². The summed E-state index contributed by atoms with van der Waals surface area (Å²) in [6.45, 7) is 6.18. The number of para-hydroxylation sites is 2. The van der Waals surface area contributed by atoms with Gasteiger partial charge in [0.1, 0.15) is 12.4 Å². The summed E-state index contributed by atoms with van der Waals surface area (Å²) in [7, 11) is 0. The summed E-state index contributed by atoms with van der Waals surface area (Å²) < 4.78 is 7.92. The molecule has 164 valence electrons. The Labute approximate surface area is 194 Å². The van der Waals surface area contributed by atoms with Crippen molar-refractivity contribution >= 4 is 34.1 Å². The SMILES string of the molecule is Cc1ccccc1OCc1nnc(SCC(=O)Nc2nc(C)c(C)s2)n1-c1ccccc1. The van der Waals surface area contributed by atoms with Gasteiger partial charge >= 0.3 is 0 Å². The Balaban J connectivity index is 1.50. The number of benzene rings is 2. The van der Waals surface area contributed by atoms with E-state index in [1.165, 1.54) is 23.1 Å². The number of carbonyl (C=O) groups is 1. The zero-order valence-electron chi connectivity index (χ0n) is 18.0. The van der Waals surface area contributed by atoms with E-state index >= 15 is 0 Å². The number of thiazole rings is 1. The largest absolute Gasteiger partial charge is 0.485 e. The Morgan fingerprint density at radius 3 is 2.53 bits per heavy atom. The van der Waals surface area contributed by atoms with Gasteiger partial charge in [-0.2, -0.15) is 0 Å². The number of hydrogen-bond acceptors (Lipinski definition) is 7. The van der Waals surface area contributed by atoms with E-state index in [0.717, 1.165) is 27.6 Å². The van der Waals surface area contributed by atoms with Crippen molar-refractivity contribution in [2.24, 2.45) is 0 Å². The number of carbonyl (C=O) groups excluding carboxylic acids is 1. The molecule has 0 fully saturated rings. The van der Waals surface area contributed by atoms with Gasteiger partial charge in [0.25, 0.3) is 0 Å². The molecule has 1 amide bonds. The highest BCUT2D eigenvalue weighted by Gasteiger charge is 2.17. The fraction of sp³-hybridized carbons (Fsp3) is 0.217. The Morgan fingerprint density at radius 1 is 1.06 bits per heavy atom. The van der Waals surface area contributed by atoms with E-state index < -0.39 is 0 Å². The standard InChI is InChI=1S/C23H23N5O2S2/c1-15-9-7-8-12-19(15)30-13-20-26-27-23(28(20)18-10-5-4-6-11-18)31-14-21(29)25-22-24-16(2)17(3)32-22/h4-12H,13-14H2,1-3H3,(H,24,25,29). The van der Waals surface area contributed by atoms with Crippen molar-refractivity contribution in [3.8, 4) is 11.4 Å². The zero-order valence-corrected chi connectivity index (χ0v) is 19.7. The van der Waals surface area contributed by atoms with Crippen LogP contribution < -0.4 is 10.1 Å². The Morgan fingerprint density at radius 2 is 1.81 bits per heavy atom. The molecule has 0 aliphatic rings. The van der Waals surface area contributed by atoms with E-state index in [0.29, 0.717) is 16.1 Å². The van der Waals surface area contributed by atoms with Crippen LogP contribution in [-0.4, -0.2) is 31.4 Å². The van der Waals surface area contributed by atoms with Crippen LogP contribution in [-0.2, 0) is 11.4 Å². The molecular formula is C23H23N5O2S2. The van der Waals surface area contributed by atoms with Crippen LogP contribution in [0.1, 0.15) is 22.0 Å². The third-order valence-corrected chi connectivity index (χ3v) is 6.69. The van der Waals surface area contributed by atoms with Gasteiger partial charge in [-0.15, -0.1) is 21.5 Å². The normalized spacial score (nSPS) is 10.8. The van der Waals surface area contributed by atoms with Crippen LogP contribution in [0.5, 0.6) is 5.75 Å². The second-order valence-electron chi connectivity index (χ2n) is 7.12. The van der Waals surface area contributed by atoms with Gasteiger partial charge in [0.05, 0.1) is 11.4 Å². The molecule has 0 aliphatic carbocycles. The molecule has 2 aromatic carbocycles. The third-order valence-electron chi connectivity index (χ3n) is 4.77. The minimum Gasteiger partial charge on any atom is -0.485 e. The first kappa shape index (κ1) is 22.0. The molecule has 0 spiro atoms. The molecule has 2 heterocycles. The molecule has 0 radical (unpaired) electrons. The number of nitrogens with one attached hydrogen (secondary N) is 1. The van der Waals surface area contributed by atoms with Gasteiger partial charge in [-0.25, -0.2) is 4.98 Å². The predicted molar refractivity (Wildman–Crippen MR) is 128 cm³/mol. The van der Waals surface area contributed by atoms with Crippen molar-refractivity contribution < 1.29 is 9.53 Å². The van der Waals surface area contributed by atoms with Crippen LogP contribution >= 0.6 is 23.1 Å². The van der Waals surface area contributed by atoms with E-state index in [-0.39, 0.29) is 18.3 Å². The first-order valence-electron chi connectivity index (χ1n) is 10.1. The number of thioether (sulfide) groups is 1. The molecule has 2 aromatic heterocycles. The highest BCUT2D eigenvalue weighted by Crippen LogP contribution is 2.25. The van der Waals surface area contributed by atoms with E-state index in [4.69, 9.17) is 4.74 Å². The number of aryl methyl sites for hydroxylation is 3. The van der Waals surface area contributed by atoms with Gasteiger partial charge < -0.3 is 10.1 Å². The molecule has 0 bridgehead atoms. The van der Waals surface area contributed by atoms with Gasteiger partial charge in [0.2, 0.25) is 5.91 Å². The summed E-state index contributed by atoms with van der Waals surface area (Å²) in [5.41, 5.74) is 2.90. The lowest BCUT2D eigenvalue weighted by Gasteiger charge is -2.12. The van der Waals surface area contributed by atoms with Crippen LogP contribution in [0.3, 0.4) is 0 Å². The summed E-state index contributed by atoms with van der Waals surface area (Å²) in [5.74, 6) is 1.52. The maximum Gasteiger partial charge on any atom is 0.236 e. The number of aromatic nitrogens is 4. The third kappa shape index (κ3) is 5.17. The number of rotatable bonds is 8. The highest BCUT2D eigenvalue weighted by molar-refractivity contribution is 7.99. The average Bonchev–Trinajstić information content (AvgIpc) is 3.34. The fourth-order valence-electron chi connectivity index (χ4n) is 3.00. The Hall–Kier alpha value is -3.17. The molecule has 4 rings (SSSR count). The molecule has 32 heavy (non-hydrogen) atoms. The summed E-state index contributed by atoms with van der Waals surface area (Å²) in [5, 5.41) is 12.8. The molecule has 0 unspecified atom stereocenters. The fourth-order valence-corrected chi connectivity index (χ4v) is 4.60. The first-order valence-corrected chi connectivity index (χ1v) is 11.9. The topological polar surface area (TPSA) is 81.9 Å². The zero-order chi connectivity index (χ0) is 22.5. The van der Waals surface area contributed by atoms with E-state index in [2.05, 4.69) is 20.5 Å². The van der Waals surface area contributed by atoms with Crippen molar-refractivity contribution in [3.05, 3.63) is 76.6 Å². The first-order chi connectivity index (χ1) is 15.5. The average molecular weight is 466 g/mol. The molecule has 0 aliphatic heterocycles. The summed E-state index contributed by atoms with van der Waals surface area (Å²) in [4.78, 5) is 17.9. The maximum atomic E-state index is 12.5. The van der Waals surface area contributed by atoms with Crippen molar-refractivity contribution in [1.82, 2.24) is 19.7 Å². The minimum atomic E-state index is -0.135. The van der Waals surface area contributed by atoms with Crippen molar-refractivity contribution in [1.29, 1.82) is 0 Å². The van der Waals surface area contributed by atoms with Crippen molar-refractivity contribution in [3.63, 3.8) is 0 Å². The lowest BCUT2D eigenvalue weighted by molar-refractivity contribution is -0.113. The molecule has 4 aromatic rings. The number of amides is 1. The van der Waals surface area contributed by atoms with E-state index in [1.54, 1.807) is 0 Å². The number of anilines is 1. The van der Waals surface area contributed by atoms with E-state index in [9.17, 15) is 4.79 Å². The monoisotopic (exact) mass is 465 g/mol. The molecule has 1 N–H and O–H groups in total. The second kappa shape index (κ2) is 9.97. The van der Waals surface area contributed by atoms with Gasteiger partial charge in [0, 0.05) is 10.6 Å². The number of nitrogens with zero attached hydrogens (tertiary/aromatic N) is 4. The molecule has 9 heteroatoms. The van der Waals surface area contributed by atoms with Crippen LogP contribution in [0, 0.1) is 20.8 Å². The predicted octanol–water partition coefficient (Wildman–Crippen LogP) is 4.96. The van der Waals surface area contributed by atoms with Gasteiger partial charge in [-0.05, 0) is 44.5 Å². The number of ether oxygens (including phenoxy) is 1. The maximum absolute atomic E-state index is 12.5. The molecular weight excluding hydrogens is 442 g/mol. The van der Waals surface area contributed by atoms with Crippen LogP contribution in [0.2, 0.25) is 0 Å². The van der Waals surface area contributed by atoms with E-state index in [1.807, 2.05) is 79.9 Å². The molecule has 0 atom stereocenters. The highest BCUT2D eigenvalue weighted by atomic mass is 32.2. The van der Waals surface area contributed by atoms with Gasteiger partial charge in [-0.1, -0.05) is 48.2 Å². The summed E-state index contributed by atoms with van der Waals surface area (Å²) in [6, 6.07) is 17.7. The van der Waals surface area contributed by atoms with Crippen molar-refractivity contribution in [2.75, 3.05) is 11.1 Å². The summed E-state index contributed by atoms with van der Waals surface area (Å²) in [6.07, 6.45) is 0. The lowest BCUT2D eigenvalue weighted by Crippen LogP contribution is -2.14. The molecule has 0 saturated carbocycles. The Kier molecular flexibility index (Phi) is 6.87.